The van der Waals surface area contributed by atoms with Crippen molar-refractivity contribution in [2.24, 2.45) is 17.6 Å². The van der Waals surface area contributed by atoms with Crippen LogP contribution in [0.3, 0.4) is 0 Å². The summed E-state index contributed by atoms with van der Waals surface area (Å²) in [5.74, 6) is 1.05. The summed E-state index contributed by atoms with van der Waals surface area (Å²) in [7, 11) is 1.39. The van der Waals surface area contributed by atoms with Gasteiger partial charge >= 0.3 is 5.97 Å². The number of nitrogens with two attached hydrogens (primary N) is 1. The molecule has 0 saturated carbocycles. The molecule has 0 bridgehead atoms. The Balaban J connectivity index is 4.08. The highest BCUT2D eigenvalue weighted by molar-refractivity contribution is 5.79. The molecule has 0 spiro atoms. The van der Waals surface area contributed by atoms with E-state index in [4.69, 9.17) is 10.5 Å². The van der Waals surface area contributed by atoms with Gasteiger partial charge in [0.15, 0.2) is 0 Å². The van der Waals surface area contributed by atoms with Gasteiger partial charge in [0, 0.05) is 13.1 Å². The summed E-state index contributed by atoms with van der Waals surface area (Å²) in [6.07, 6.45) is 2.70. The van der Waals surface area contributed by atoms with E-state index < -0.39 is 5.54 Å². The lowest BCUT2D eigenvalue weighted by molar-refractivity contribution is -0.146. The van der Waals surface area contributed by atoms with Gasteiger partial charge < -0.3 is 15.4 Å². The Morgan fingerprint density at radius 1 is 1.15 bits per heavy atom. The predicted octanol–water partition coefficient (Wildman–Crippen LogP) is 2.66. The summed E-state index contributed by atoms with van der Waals surface area (Å²) >= 11 is 0. The van der Waals surface area contributed by atoms with E-state index in [2.05, 4.69) is 32.6 Å². The third kappa shape index (κ3) is 8.54. The van der Waals surface area contributed by atoms with Crippen LogP contribution in [0, 0.1) is 11.8 Å². The fourth-order valence-corrected chi connectivity index (χ4v) is 2.45. The molecule has 0 amide bonds. The monoisotopic (exact) mass is 286 g/mol. The molecule has 0 aromatic rings. The molecule has 0 aromatic carbocycles. The normalized spacial score (nSPS) is 14.9. The minimum atomic E-state index is -0.852. The summed E-state index contributed by atoms with van der Waals surface area (Å²) in [4.78, 5) is 14.0. The minimum Gasteiger partial charge on any atom is -0.468 e. The zero-order chi connectivity index (χ0) is 15.8. The molecule has 20 heavy (non-hydrogen) atoms. The molecule has 0 aliphatic heterocycles. The highest BCUT2D eigenvalue weighted by atomic mass is 16.5. The molecule has 2 N–H and O–H groups in total. The summed E-state index contributed by atoms with van der Waals surface area (Å²) in [6, 6.07) is 0. The van der Waals surface area contributed by atoms with E-state index >= 15 is 0 Å². The molecule has 0 saturated heterocycles. The molecule has 0 radical (unpaired) electrons. The molecule has 0 aliphatic carbocycles. The number of ether oxygens (including phenoxy) is 1. The van der Waals surface area contributed by atoms with Crippen LogP contribution >= 0.6 is 0 Å². The molecule has 4 heteroatoms. The third-order valence-electron chi connectivity index (χ3n) is 3.32. The van der Waals surface area contributed by atoms with Gasteiger partial charge in [-0.05, 0) is 44.6 Å². The van der Waals surface area contributed by atoms with Crippen LogP contribution in [0.1, 0.15) is 53.9 Å². The quantitative estimate of drug-likeness (QED) is 0.495. The van der Waals surface area contributed by atoms with E-state index in [0.717, 1.165) is 32.5 Å². The summed E-state index contributed by atoms with van der Waals surface area (Å²) < 4.78 is 4.72. The standard InChI is InChI=1S/C16H34N2O2/c1-13(2)11-18(12-14(3)4)10-8-7-9-16(5,17)15(19)20-6/h13-14H,7-12,17H2,1-6H3. The largest absolute Gasteiger partial charge is 0.468 e. The van der Waals surface area contributed by atoms with Crippen LogP contribution in [0.15, 0.2) is 0 Å². The second-order valence-electron chi connectivity index (χ2n) is 6.91. The van der Waals surface area contributed by atoms with Gasteiger partial charge in [-0.1, -0.05) is 27.7 Å². The van der Waals surface area contributed by atoms with Crippen molar-refractivity contribution in [3.05, 3.63) is 0 Å². The first-order valence-electron chi connectivity index (χ1n) is 7.78. The summed E-state index contributed by atoms with van der Waals surface area (Å²) in [6.45, 7) is 14.1. The summed E-state index contributed by atoms with van der Waals surface area (Å²) in [5, 5.41) is 0. The lowest BCUT2D eigenvalue weighted by atomic mass is 9.96. The lowest BCUT2D eigenvalue weighted by Gasteiger charge is -2.27. The minimum absolute atomic E-state index is 0.321. The van der Waals surface area contributed by atoms with Gasteiger partial charge in [0.1, 0.15) is 5.54 Å². The van der Waals surface area contributed by atoms with Gasteiger partial charge in [0.2, 0.25) is 0 Å². The number of hydrogen-bond donors (Lipinski definition) is 1. The number of methoxy groups -OCH3 is 1. The van der Waals surface area contributed by atoms with Crippen molar-refractivity contribution < 1.29 is 9.53 Å². The first-order valence-corrected chi connectivity index (χ1v) is 7.78. The molecule has 1 unspecified atom stereocenters. The van der Waals surface area contributed by atoms with Crippen LogP contribution in [0.2, 0.25) is 0 Å². The number of nitrogens with zero attached hydrogens (tertiary/aromatic N) is 1. The molecule has 4 nitrogen and oxygen atoms in total. The predicted molar refractivity (Wildman–Crippen MR) is 84.6 cm³/mol. The topological polar surface area (TPSA) is 55.6 Å². The highest BCUT2D eigenvalue weighted by Crippen LogP contribution is 2.13. The molecular weight excluding hydrogens is 252 g/mol. The number of hydrogen-bond acceptors (Lipinski definition) is 4. The molecule has 0 aromatic heterocycles. The second kappa shape index (κ2) is 9.35. The van der Waals surface area contributed by atoms with Crippen molar-refractivity contribution in [1.82, 2.24) is 4.90 Å². The summed E-state index contributed by atoms with van der Waals surface area (Å²) in [5.41, 5.74) is 5.11. The van der Waals surface area contributed by atoms with Crippen molar-refractivity contribution in [1.29, 1.82) is 0 Å². The third-order valence-corrected chi connectivity index (χ3v) is 3.32. The molecule has 120 valence electrons. The lowest BCUT2D eigenvalue weighted by Crippen LogP contribution is -2.45. The Morgan fingerprint density at radius 3 is 2.05 bits per heavy atom. The van der Waals surface area contributed by atoms with Crippen molar-refractivity contribution in [2.75, 3.05) is 26.7 Å². The molecule has 0 aliphatic rings. The Labute approximate surface area is 125 Å². The molecule has 0 rings (SSSR count). The van der Waals surface area contributed by atoms with Crippen LogP contribution in [-0.4, -0.2) is 43.2 Å². The van der Waals surface area contributed by atoms with Gasteiger partial charge in [-0.25, -0.2) is 0 Å². The Kier molecular flexibility index (Phi) is 9.06. The van der Waals surface area contributed by atoms with Crippen molar-refractivity contribution in [2.45, 2.75) is 59.4 Å². The molecular formula is C16H34N2O2. The molecule has 0 fully saturated rings. The smallest absolute Gasteiger partial charge is 0.325 e. The Bertz CT molecular complexity index is 266. The second-order valence-corrected chi connectivity index (χ2v) is 6.91. The van der Waals surface area contributed by atoms with Crippen LogP contribution < -0.4 is 5.73 Å². The number of esters is 1. The van der Waals surface area contributed by atoms with E-state index in [1.165, 1.54) is 7.11 Å². The average molecular weight is 286 g/mol. The Morgan fingerprint density at radius 2 is 1.65 bits per heavy atom. The van der Waals surface area contributed by atoms with E-state index in [1.807, 2.05) is 0 Å². The average Bonchev–Trinajstić information content (AvgIpc) is 2.31. The van der Waals surface area contributed by atoms with Gasteiger partial charge in [-0.2, -0.15) is 0 Å². The SMILES string of the molecule is COC(=O)C(C)(N)CCCCN(CC(C)C)CC(C)C. The van der Waals surface area contributed by atoms with Crippen molar-refractivity contribution in [3.63, 3.8) is 0 Å². The van der Waals surface area contributed by atoms with E-state index in [0.29, 0.717) is 18.3 Å². The van der Waals surface area contributed by atoms with Crippen LogP contribution in [-0.2, 0) is 9.53 Å². The van der Waals surface area contributed by atoms with Gasteiger partial charge in [-0.3, -0.25) is 4.79 Å². The maximum atomic E-state index is 11.5. The van der Waals surface area contributed by atoms with Gasteiger partial charge in [-0.15, -0.1) is 0 Å². The molecule has 0 heterocycles. The van der Waals surface area contributed by atoms with E-state index in [1.54, 1.807) is 6.92 Å². The maximum absolute atomic E-state index is 11.5. The maximum Gasteiger partial charge on any atom is 0.325 e. The van der Waals surface area contributed by atoms with Crippen LogP contribution in [0.25, 0.3) is 0 Å². The van der Waals surface area contributed by atoms with E-state index in [9.17, 15) is 4.79 Å². The fraction of sp³-hybridized carbons (Fsp3) is 0.938. The molecule has 1 atom stereocenters. The fourth-order valence-electron chi connectivity index (χ4n) is 2.45. The van der Waals surface area contributed by atoms with Crippen molar-refractivity contribution in [3.8, 4) is 0 Å². The van der Waals surface area contributed by atoms with E-state index in [-0.39, 0.29) is 5.97 Å². The van der Waals surface area contributed by atoms with Crippen LogP contribution in [0.5, 0.6) is 0 Å². The highest BCUT2D eigenvalue weighted by Gasteiger charge is 2.28. The first kappa shape index (κ1) is 19.4. The number of carbonyl (C=O) groups excluding carboxylic acids is 1. The van der Waals surface area contributed by atoms with Crippen LogP contribution in [0.4, 0.5) is 0 Å². The first-order chi connectivity index (χ1) is 9.19. The number of unbranched alkanes of at least 4 members (excludes halogenated alkanes) is 1. The van der Waals surface area contributed by atoms with Gasteiger partial charge in [0.05, 0.1) is 7.11 Å². The Hall–Kier alpha value is -0.610. The zero-order valence-electron chi connectivity index (χ0n) is 14.2. The number of carbonyl (C=O) groups is 1. The van der Waals surface area contributed by atoms with Gasteiger partial charge in [0.25, 0.3) is 0 Å². The number of rotatable bonds is 10. The zero-order valence-corrected chi connectivity index (χ0v) is 14.2. The van der Waals surface area contributed by atoms with Crippen molar-refractivity contribution >= 4 is 5.97 Å².